The fraction of sp³-hybridized carbons (Fsp3) is 0.875. The number of carbonyl (C=O) groups is 1. The lowest BCUT2D eigenvalue weighted by Gasteiger charge is -2.07. The van der Waals surface area contributed by atoms with E-state index in [1.807, 2.05) is 6.92 Å². The summed E-state index contributed by atoms with van der Waals surface area (Å²) in [6, 6.07) is 0. The Morgan fingerprint density at radius 3 is 2.73 bits per heavy atom. The molecule has 3 nitrogen and oxygen atoms in total. The van der Waals surface area contributed by atoms with Gasteiger partial charge >= 0.3 is 5.97 Å². The monoisotopic (exact) mass is 160 g/mol. The molecule has 66 valence electrons. The van der Waals surface area contributed by atoms with Gasteiger partial charge in [-0.1, -0.05) is 6.92 Å². The molecule has 0 spiro atoms. The maximum Gasteiger partial charge on any atom is 0.306 e. The van der Waals surface area contributed by atoms with Crippen molar-refractivity contribution < 1.29 is 14.6 Å². The number of aliphatic hydroxyl groups is 1. The predicted octanol–water partition coefficient (Wildman–Crippen LogP) is 0.958. The number of ether oxygens (including phenoxy) is 1. The summed E-state index contributed by atoms with van der Waals surface area (Å²) < 4.78 is 4.74. The van der Waals surface area contributed by atoms with Crippen LogP contribution in [0.5, 0.6) is 0 Å². The molecule has 0 aromatic rings. The molecule has 0 saturated heterocycles. The van der Waals surface area contributed by atoms with Crippen molar-refractivity contribution >= 4 is 5.97 Å². The largest absolute Gasteiger partial charge is 0.466 e. The van der Waals surface area contributed by atoms with Crippen molar-refractivity contribution in [3.63, 3.8) is 0 Å². The highest BCUT2D eigenvalue weighted by Crippen LogP contribution is 2.07. The summed E-state index contributed by atoms with van der Waals surface area (Å²) in [6.07, 6.45) is 1.08. The molecule has 0 aromatic carbocycles. The molecule has 0 aliphatic rings. The third-order valence-corrected chi connectivity index (χ3v) is 1.44. The van der Waals surface area contributed by atoms with E-state index in [4.69, 9.17) is 9.84 Å². The molecule has 0 aromatic heterocycles. The normalized spacial score (nSPS) is 12.6. The van der Waals surface area contributed by atoms with Crippen molar-refractivity contribution in [3.05, 3.63) is 0 Å². The lowest BCUT2D eigenvalue weighted by molar-refractivity contribution is -0.144. The van der Waals surface area contributed by atoms with Gasteiger partial charge in [-0.25, -0.2) is 0 Å². The average Bonchev–Trinajstić information content (AvgIpc) is 1.87. The summed E-state index contributed by atoms with van der Waals surface area (Å²) in [4.78, 5) is 10.8. The van der Waals surface area contributed by atoms with Crippen LogP contribution in [-0.2, 0) is 9.53 Å². The van der Waals surface area contributed by atoms with Crippen molar-refractivity contribution in [1.29, 1.82) is 0 Å². The minimum atomic E-state index is -0.173. The first-order chi connectivity index (χ1) is 5.20. The van der Waals surface area contributed by atoms with E-state index in [0.717, 1.165) is 0 Å². The van der Waals surface area contributed by atoms with Gasteiger partial charge in [-0.2, -0.15) is 0 Å². The van der Waals surface area contributed by atoms with Crippen LogP contribution in [0.1, 0.15) is 26.7 Å². The van der Waals surface area contributed by atoms with E-state index in [1.54, 1.807) is 6.92 Å². The average molecular weight is 160 g/mol. The molecule has 1 N–H and O–H groups in total. The molecule has 0 aliphatic carbocycles. The Labute approximate surface area is 67.4 Å². The molecule has 0 saturated carbocycles. The van der Waals surface area contributed by atoms with Crippen LogP contribution in [0.25, 0.3) is 0 Å². The van der Waals surface area contributed by atoms with Gasteiger partial charge in [-0.3, -0.25) is 4.79 Å². The molecule has 1 atom stereocenters. The van der Waals surface area contributed by atoms with Gasteiger partial charge in [0.1, 0.15) is 0 Å². The van der Waals surface area contributed by atoms with E-state index in [1.165, 1.54) is 0 Å². The molecule has 3 heteroatoms. The topological polar surface area (TPSA) is 46.5 Å². The van der Waals surface area contributed by atoms with Crippen molar-refractivity contribution in [1.82, 2.24) is 0 Å². The molecule has 0 rings (SSSR count). The van der Waals surface area contributed by atoms with Gasteiger partial charge in [0.2, 0.25) is 0 Å². The highest BCUT2D eigenvalue weighted by atomic mass is 16.5. The van der Waals surface area contributed by atoms with E-state index in [-0.39, 0.29) is 18.5 Å². The summed E-state index contributed by atoms with van der Waals surface area (Å²) in [5.41, 5.74) is 0. The Morgan fingerprint density at radius 2 is 2.27 bits per heavy atom. The summed E-state index contributed by atoms with van der Waals surface area (Å²) in [7, 11) is 0. The van der Waals surface area contributed by atoms with Crippen molar-refractivity contribution in [2.45, 2.75) is 26.7 Å². The van der Waals surface area contributed by atoms with Gasteiger partial charge in [-0.05, 0) is 19.3 Å². The summed E-state index contributed by atoms with van der Waals surface area (Å²) >= 11 is 0. The Hall–Kier alpha value is -0.570. The molecule has 0 heterocycles. The zero-order valence-electron chi connectivity index (χ0n) is 7.17. The Balaban J connectivity index is 3.40. The summed E-state index contributed by atoms with van der Waals surface area (Å²) in [6.45, 7) is 4.28. The fourth-order valence-electron chi connectivity index (χ4n) is 0.827. The number of hydrogen-bond acceptors (Lipinski definition) is 3. The zero-order valence-corrected chi connectivity index (χ0v) is 7.17. The Kier molecular flexibility index (Phi) is 5.84. The predicted molar refractivity (Wildman–Crippen MR) is 42.1 cm³/mol. The van der Waals surface area contributed by atoms with Gasteiger partial charge in [-0.15, -0.1) is 0 Å². The molecule has 0 unspecified atom stereocenters. The molecule has 0 bridgehead atoms. The van der Waals surface area contributed by atoms with E-state index >= 15 is 0 Å². The number of hydrogen-bond donors (Lipinski definition) is 1. The number of rotatable bonds is 5. The number of aliphatic hydroxyl groups excluding tert-OH is 1. The highest BCUT2D eigenvalue weighted by molar-refractivity contribution is 5.69. The number of esters is 1. The maximum atomic E-state index is 10.8. The lowest BCUT2D eigenvalue weighted by Crippen LogP contribution is -2.10. The second-order valence-corrected chi connectivity index (χ2v) is 2.63. The van der Waals surface area contributed by atoms with E-state index in [0.29, 0.717) is 19.4 Å². The van der Waals surface area contributed by atoms with Crippen LogP contribution in [0.2, 0.25) is 0 Å². The minimum absolute atomic E-state index is 0.139. The van der Waals surface area contributed by atoms with Gasteiger partial charge < -0.3 is 9.84 Å². The van der Waals surface area contributed by atoms with Gasteiger partial charge in [0.05, 0.1) is 6.61 Å². The van der Waals surface area contributed by atoms with Crippen LogP contribution in [-0.4, -0.2) is 24.3 Å². The fourth-order valence-corrected chi connectivity index (χ4v) is 0.827. The van der Waals surface area contributed by atoms with Crippen LogP contribution < -0.4 is 0 Å². The standard InChI is InChI=1S/C8H16O3/c1-3-11-8(10)6-7(2)4-5-9/h7,9H,3-6H2,1-2H3/t7-/m1/s1. The van der Waals surface area contributed by atoms with Crippen molar-refractivity contribution in [2.24, 2.45) is 5.92 Å². The smallest absolute Gasteiger partial charge is 0.306 e. The van der Waals surface area contributed by atoms with Crippen LogP contribution in [0.4, 0.5) is 0 Å². The second kappa shape index (κ2) is 6.16. The SMILES string of the molecule is CCOC(=O)C[C@H](C)CCO. The molecule has 0 aliphatic heterocycles. The first-order valence-electron chi connectivity index (χ1n) is 3.97. The third kappa shape index (κ3) is 5.85. The highest BCUT2D eigenvalue weighted by Gasteiger charge is 2.08. The van der Waals surface area contributed by atoms with Gasteiger partial charge in [0, 0.05) is 13.0 Å². The maximum absolute atomic E-state index is 10.8. The van der Waals surface area contributed by atoms with E-state index in [2.05, 4.69) is 0 Å². The first-order valence-corrected chi connectivity index (χ1v) is 3.97. The van der Waals surface area contributed by atoms with Gasteiger partial charge in [0.15, 0.2) is 0 Å². The van der Waals surface area contributed by atoms with Crippen molar-refractivity contribution in [3.8, 4) is 0 Å². The lowest BCUT2D eigenvalue weighted by atomic mass is 10.1. The van der Waals surface area contributed by atoms with Crippen LogP contribution in [0, 0.1) is 5.92 Å². The molecule has 0 fully saturated rings. The summed E-state index contributed by atoms with van der Waals surface area (Å²) in [5.74, 6) is 0.0486. The van der Waals surface area contributed by atoms with E-state index < -0.39 is 0 Å². The second-order valence-electron chi connectivity index (χ2n) is 2.63. The minimum Gasteiger partial charge on any atom is -0.466 e. The number of carbonyl (C=O) groups excluding carboxylic acids is 1. The molecular weight excluding hydrogens is 144 g/mol. The van der Waals surface area contributed by atoms with Crippen LogP contribution >= 0.6 is 0 Å². The van der Waals surface area contributed by atoms with Crippen LogP contribution in [0.3, 0.4) is 0 Å². The van der Waals surface area contributed by atoms with E-state index in [9.17, 15) is 4.79 Å². The summed E-state index contributed by atoms with van der Waals surface area (Å²) in [5, 5.41) is 8.53. The molecular formula is C8H16O3. The van der Waals surface area contributed by atoms with Gasteiger partial charge in [0.25, 0.3) is 0 Å². The molecule has 0 amide bonds. The molecule has 0 radical (unpaired) electrons. The zero-order chi connectivity index (χ0) is 8.69. The van der Waals surface area contributed by atoms with Crippen molar-refractivity contribution in [2.75, 3.05) is 13.2 Å². The quantitative estimate of drug-likeness (QED) is 0.609. The third-order valence-electron chi connectivity index (χ3n) is 1.44. The van der Waals surface area contributed by atoms with Crippen LogP contribution in [0.15, 0.2) is 0 Å². The molecule has 11 heavy (non-hydrogen) atoms. The Bertz CT molecular complexity index is 112. The Morgan fingerprint density at radius 1 is 1.64 bits per heavy atom. The first kappa shape index (κ1) is 10.4.